The Balaban J connectivity index is 2.84. The molecule has 0 aliphatic heterocycles. The first kappa shape index (κ1) is 28.0. The topological polar surface area (TPSA) is 189 Å². The number of rotatable bonds is 14. The third-order valence-corrected chi connectivity index (χ3v) is 4.88. The molecule has 4 amide bonds. The highest BCUT2D eigenvalue weighted by molar-refractivity contribution is 5.98. The SMILES string of the molecule is CC(C)[C@H](NC(=O)CNC(=O)CN)C(=O)N[C@@H](CCCCN)C(=O)Nc1ccc(CO)cc1. The summed E-state index contributed by atoms with van der Waals surface area (Å²) in [5.41, 5.74) is 12.0. The monoisotopic (exact) mass is 464 g/mol. The van der Waals surface area contributed by atoms with Gasteiger partial charge in [-0.3, -0.25) is 19.2 Å². The van der Waals surface area contributed by atoms with Gasteiger partial charge >= 0.3 is 0 Å². The van der Waals surface area contributed by atoms with E-state index in [-0.39, 0.29) is 25.6 Å². The van der Waals surface area contributed by atoms with Gasteiger partial charge < -0.3 is 37.8 Å². The Hall–Kier alpha value is -3.02. The lowest BCUT2D eigenvalue weighted by Crippen LogP contribution is -2.55. The number of carbonyl (C=O) groups is 4. The second kappa shape index (κ2) is 14.9. The molecule has 0 unspecified atom stereocenters. The van der Waals surface area contributed by atoms with Gasteiger partial charge in [0.2, 0.25) is 23.6 Å². The van der Waals surface area contributed by atoms with Crippen LogP contribution in [-0.4, -0.2) is 60.5 Å². The second-order valence-electron chi connectivity index (χ2n) is 7.96. The number of unbranched alkanes of at least 4 members (excludes halogenated alkanes) is 1. The zero-order valence-electron chi connectivity index (χ0n) is 19.2. The van der Waals surface area contributed by atoms with Crippen LogP contribution in [0.15, 0.2) is 24.3 Å². The zero-order chi connectivity index (χ0) is 24.8. The minimum absolute atomic E-state index is 0.107. The van der Waals surface area contributed by atoms with Gasteiger partial charge in [-0.2, -0.15) is 0 Å². The highest BCUT2D eigenvalue weighted by Crippen LogP contribution is 2.12. The first-order valence-corrected chi connectivity index (χ1v) is 11.0. The number of hydrogen-bond acceptors (Lipinski definition) is 7. The van der Waals surface area contributed by atoms with Gasteiger partial charge in [0, 0.05) is 5.69 Å². The molecular weight excluding hydrogens is 428 g/mol. The van der Waals surface area contributed by atoms with Gasteiger partial charge in [-0.15, -0.1) is 0 Å². The van der Waals surface area contributed by atoms with Crippen LogP contribution in [0.3, 0.4) is 0 Å². The summed E-state index contributed by atoms with van der Waals surface area (Å²) in [4.78, 5) is 49.2. The van der Waals surface area contributed by atoms with E-state index in [4.69, 9.17) is 16.6 Å². The lowest BCUT2D eigenvalue weighted by Gasteiger charge is -2.25. The van der Waals surface area contributed by atoms with Crippen LogP contribution in [0.25, 0.3) is 0 Å². The maximum absolute atomic E-state index is 12.9. The smallest absolute Gasteiger partial charge is 0.246 e. The predicted molar refractivity (Wildman–Crippen MR) is 125 cm³/mol. The first-order chi connectivity index (χ1) is 15.7. The van der Waals surface area contributed by atoms with Gasteiger partial charge in [-0.05, 0) is 49.4 Å². The van der Waals surface area contributed by atoms with E-state index in [1.807, 2.05) is 0 Å². The molecule has 0 saturated heterocycles. The van der Waals surface area contributed by atoms with Gasteiger partial charge in [0.25, 0.3) is 0 Å². The average molecular weight is 465 g/mol. The number of carbonyl (C=O) groups excluding carboxylic acids is 4. The summed E-state index contributed by atoms with van der Waals surface area (Å²) in [7, 11) is 0. The van der Waals surface area contributed by atoms with Crippen molar-refractivity contribution < 1.29 is 24.3 Å². The van der Waals surface area contributed by atoms with Crippen molar-refractivity contribution in [1.82, 2.24) is 16.0 Å². The number of hydrogen-bond donors (Lipinski definition) is 7. The van der Waals surface area contributed by atoms with Crippen LogP contribution in [0.4, 0.5) is 5.69 Å². The molecule has 0 aromatic heterocycles. The zero-order valence-corrected chi connectivity index (χ0v) is 19.2. The van der Waals surface area contributed by atoms with E-state index >= 15 is 0 Å². The van der Waals surface area contributed by atoms with Gasteiger partial charge in [0.1, 0.15) is 12.1 Å². The van der Waals surface area contributed by atoms with Crippen molar-refractivity contribution in [2.24, 2.45) is 17.4 Å². The van der Waals surface area contributed by atoms with E-state index in [1.165, 1.54) is 0 Å². The van der Waals surface area contributed by atoms with Gasteiger partial charge in [-0.25, -0.2) is 0 Å². The Morgan fingerprint density at radius 2 is 1.61 bits per heavy atom. The molecule has 33 heavy (non-hydrogen) atoms. The molecule has 0 saturated carbocycles. The number of benzene rings is 1. The Morgan fingerprint density at radius 3 is 2.15 bits per heavy atom. The molecule has 0 spiro atoms. The molecule has 0 heterocycles. The molecule has 0 bridgehead atoms. The van der Waals surface area contributed by atoms with E-state index in [0.29, 0.717) is 37.1 Å². The van der Waals surface area contributed by atoms with Gasteiger partial charge in [0.15, 0.2) is 0 Å². The summed E-state index contributed by atoms with van der Waals surface area (Å²) in [6, 6.07) is 4.96. The number of aliphatic hydroxyl groups is 1. The number of amides is 4. The fourth-order valence-electron chi connectivity index (χ4n) is 2.96. The van der Waals surface area contributed by atoms with Gasteiger partial charge in [0.05, 0.1) is 19.7 Å². The van der Waals surface area contributed by atoms with Gasteiger partial charge in [-0.1, -0.05) is 26.0 Å². The largest absolute Gasteiger partial charge is 0.392 e. The summed E-state index contributed by atoms with van der Waals surface area (Å²) >= 11 is 0. The minimum Gasteiger partial charge on any atom is -0.392 e. The fraction of sp³-hybridized carbons (Fsp3) is 0.545. The molecule has 1 aromatic rings. The molecular formula is C22H36N6O5. The van der Waals surface area contributed by atoms with E-state index in [2.05, 4.69) is 21.3 Å². The molecule has 11 heteroatoms. The van der Waals surface area contributed by atoms with Crippen LogP contribution in [-0.2, 0) is 25.8 Å². The molecule has 184 valence electrons. The Morgan fingerprint density at radius 1 is 0.939 bits per heavy atom. The van der Waals surface area contributed by atoms with Crippen LogP contribution in [0.2, 0.25) is 0 Å². The number of nitrogens with one attached hydrogen (secondary N) is 4. The second-order valence-corrected chi connectivity index (χ2v) is 7.96. The number of anilines is 1. The summed E-state index contributed by atoms with van der Waals surface area (Å²) in [5, 5.41) is 19.6. The average Bonchev–Trinajstić information content (AvgIpc) is 2.80. The maximum Gasteiger partial charge on any atom is 0.246 e. The third kappa shape index (κ3) is 10.4. The lowest BCUT2D eigenvalue weighted by molar-refractivity contribution is -0.132. The minimum atomic E-state index is -0.902. The van der Waals surface area contributed by atoms with Crippen LogP contribution >= 0.6 is 0 Å². The molecule has 1 aromatic carbocycles. The Labute approximate surface area is 194 Å². The van der Waals surface area contributed by atoms with Crippen LogP contribution < -0.4 is 32.7 Å². The van der Waals surface area contributed by atoms with Crippen molar-refractivity contribution >= 4 is 29.3 Å². The summed E-state index contributed by atoms with van der Waals surface area (Å²) in [6.07, 6.45) is 1.69. The molecule has 1 rings (SSSR count). The summed E-state index contributed by atoms with van der Waals surface area (Å²) < 4.78 is 0. The van der Waals surface area contributed by atoms with Crippen molar-refractivity contribution in [2.75, 3.05) is 25.0 Å². The van der Waals surface area contributed by atoms with Crippen LogP contribution in [0.1, 0.15) is 38.7 Å². The molecule has 0 fully saturated rings. The molecule has 11 nitrogen and oxygen atoms in total. The molecule has 2 atom stereocenters. The maximum atomic E-state index is 12.9. The van der Waals surface area contributed by atoms with E-state index in [9.17, 15) is 19.2 Å². The predicted octanol–water partition coefficient (Wildman–Crippen LogP) is -1.05. The van der Waals surface area contributed by atoms with Crippen molar-refractivity contribution in [2.45, 2.75) is 51.8 Å². The highest BCUT2D eigenvalue weighted by Gasteiger charge is 2.28. The van der Waals surface area contributed by atoms with Crippen molar-refractivity contribution in [3.8, 4) is 0 Å². The number of nitrogens with two attached hydrogens (primary N) is 2. The number of aliphatic hydroxyl groups excluding tert-OH is 1. The molecule has 0 aliphatic rings. The standard InChI is InChI=1S/C22H36N6O5/c1-14(2)20(28-19(31)12-25-18(30)11-24)22(33)27-17(5-3-4-10-23)21(32)26-16-8-6-15(13-29)7-9-16/h6-9,14,17,20,29H,3-5,10-13,23-24H2,1-2H3,(H,25,30)(H,26,32)(H,27,33)(H,28,31)/t17-,20-/m0/s1. The normalized spacial score (nSPS) is 12.5. The molecule has 0 aliphatic carbocycles. The molecule has 9 N–H and O–H groups in total. The van der Waals surface area contributed by atoms with E-state index < -0.39 is 35.7 Å². The highest BCUT2D eigenvalue weighted by atomic mass is 16.3. The van der Waals surface area contributed by atoms with Crippen molar-refractivity contribution in [1.29, 1.82) is 0 Å². The van der Waals surface area contributed by atoms with E-state index in [0.717, 1.165) is 0 Å². The Bertz CT molecular complexity index is 784. The van der Waals surface area contributed by atoms with Crippen LogP contribution in [0, 0.1) is 5.92 Å². The van der Waals surface area contributed by atoms with E-state index in [1.54, 1.807) is 38.1 Å². The Kier molecular flexibility index (Phi) is 12.7. The summed E-state index contributed by atoms with van der Waals surface area (Å²) in [5.74, 6) is -2.20. The van der Waals surface area contributed by atoms with Crippen molar-refractivity contribution in [3.05, 3.63) is 29.8 Å². The summed E-state index contributed by atoms with van der Waals surface area (Å²) in [6.45, 7) is 3.32. The van der Waals surface area contributed by atoms with Crippen LogP contribution in [0.5, 0.6) is 0 Å². The first-order valence-electron chi connectivity index (χ1n) is 11.0. The fourth-order valence-corrected chi connectivity index (χ4v) is 2.96. The third-order valence-electron chi connectivity index (χ3n) is 4.88. The quantitative estimate of drug-likeness (QED) is 0.171. The lowest BCUT2D eigenvalue weighted by atomic mass is 10.0. The van der Waals surface area contributed by atoms with Crippen molar-refractivity contribution in [3.63, 3.8) is 0 Å². The molecule has 0 radical (unpaired) electrons.